The maximum Gasteiger partial charge on any atom is 0.194 e. The Morgan fingerprint density at radius 1 is 0.368 bits per heavy atom. The minimum Gasteiger partial charge on any atom is -0.309 e. The Labute approximate surface area is 392 Å². The molecule has 0 aliphatic heterocycles. The van der Waals surface area contributed by atoms with Gasteiger partial charge in [0.15, 0.2) is 5.69 Å². The SMILES string of the molecule is [C-]#[N+]c1ccccc1-c1ccc2c(c1)c1ccccc1n2-c1cc(C#N)c(-n2c3ccccc3c3cc(-c4ccccc4C#N)ccc32)cc1-c1cc(-c2ccccc2)nc(-c2ccccc2)c1. The molecule has 68 heavy (non-hydrogen) atoms. The highest BCUT2D eigenvalue weighted by molar-refractivity contribution is 6.13. The van der Waals surface area contributed by atoms with Crippen molar-refractivity contribution in [3.63, 3.8) is 0 Å². The molecule has 9 aromatic carbocycles. The first kappa shape index (κ1) is 39.8. The fourth-order valence-corrected chi connectivity index (χ4v) is 9.91. The molecule has 0 atom stereocenters. The lowest BCUT2D eigenvalue weighted by Crippen LogP contribution is -2.04. The first-order valence-electron chi connectivity index (χ1n) is 22.3. The fourth-order valence-electron chi connectivity index (χ4n) is 9.91. The van der Waals surface area contributed by atoms with E-state index in [9.17, 15) is 10.5 Å². The number of nitrogens with zero attached hydrogens (tertiary/aromatic N) is 6. The van der Waals surface area contributed by atoms with E-state index in [-0.39, 0.29) is 0 Å². The Morgan fingerprint density at radius 2 is 0.853 bits per heavy atom. The lowest BCUT2D eigenvalue weighted by molar-refractivity contribution is 1.13. The molecule has 0 aliphatic rings. The van der Waals surface area contributed by atoms with Gasteiger partial charge in [0.1, 0.15) is 6.07 Å². The second kappa shape index (κ2) is 16.3. The summed E-state index contributed by atoms with van der Waals surface area (Å²) in [5.41, 5.74) is 16.3. The number of pyridine rings is 1. The van der Waals surface area contributed by atoms with Gasteiger partial charge in [-0.2, -0.15) is 10.5 Å². The number of aromatic nitrogens is 3. The largest absolute Gasteiger partial charge is 0.309 e. The molecule has 12 rings (SSSR count). The smallest absolute Gasteiger partial charge is 0.194 e. The molecule has 0 aliphatic carbocycles. The van der Waals surface area contributed by atoms with Gasteiger partial charge in [-0.3, -0.25) is 0 Å². The van der Waals surface area contributed by atoms with E-state index in [1.807, 2.05) is 103 Å². The van der Waals surface area contributed by atoms with Crippen LogP contribution >= 0.6 is 0 Å². The zero-order valence-corrected chi connectivity index (χ0v) is 36.5. The molecule has 3 heterocycles. The standard InChI is InChI=1S/C62H36N6/c1-65-54-25-13-10-22-48(54)43-29-31-60-53(33-43)50-24-12-15-27-58(50)68(60)62-36-46(39-64)61(37-51(62)45-34-55(40-16-4-2-5-17-40)66-56(35-45)41-18-6-3-7-19-41)67-57-26-14-11-23-49(57)52-32-42(28-30-59(52)67)47-21-9-8-20-44(47)38-63/h2-37H. The van der Waals surface area contributed by atoms with Crippen LogP contribution < -0.4 is 0 Å². The van der Waals surface area contributed by atoms with Crippen molar-refractivity contribution >= 4 is 49.3 Å². The van der Waals surface area contributed by atoms with Gasteiger partial charge in [0.25, 0.3) is 0 Å². The van der Waals surface area contributed by atoms with E-state index < -0.39 is 0 Å². The van der Waals surface area contributed by atoms with Crippen LogP contribution in [0.3, 0.4) is 0 Å². The van der Waals surface area contributed by atoms with Crippen LogP contribution in [-0.4, -0.2) is 14.1 Å². The van der Waals surface area contributed by atoms with Crippen molar-refractivity contribution in [1.82, 2.24) is 14.1 Å². The van der Waals surface area contributed by atoms with Gasteiger partial charge in [-0.1, -0.05) is 152 Å². The van der Waals surface area contributed by atoms with Gasteiger partial charge in [-0.05, 0) is 94.5 Å². The average molecular weight is 865 g/mol. The summed E-state index contributed by atoms with van der Waals surface area (Å²) in [7, 11) is 0. The van der Waals surface area contributed by atoms with Gasteiger partial charge in [0.2, 0.25) is 0 Å². The summed E-state index contributed by atoms with van der Waals surface area (Å²) in [5.74, 6) is 0. The number of fused-ring (bicyclic) bond motifs is 6. The topological polar surface area (TPSA) is 74.7 Å². The van der Waals surface area contributed by atoms with Crippen molar-refractivity contribution in [2.45, 2.75) is 0 Å². The molecule has 0 saturated heterocycles. The first-order chi connectivity index (χ1) is 33.6. The third kappa shape index (κ3) is 6.51. The van der Waals surface area contributed by atoms with Crippen LogP contribution in [0.15, 0.2) is 218 Å². The van der Waals surface area contributed by atoms with E-state index in [0.717, 1.165) is 111 Å². The van der Waals surface area contributed by atoms with Crippen LogP contribution in [0.25, 0.3) is 116 Å². The number of hydrogen-bond donors (Lipinski definition) is 0. The molecule has 0 amide bonds. The van der Waals surface area contributed by atoms with Crippen molar-refractivity contribution in [3.8, 4) is 79.4 Å². The maximum absolute atomic E-state index is 11.4. The van der Waals surface area contributed by atoms with Crippen molar-refractivity contribution in [3.05, 3.63) is 241 Å². The van der Waals surface area contributed by atoms with E-state index in [0.29, 0.717) is 16.8 Å². The maximum atomic E-state index is 11.4. The van der Waals surface area contributed by atoms with E-state index in [1.54, 1.807) is 0 Å². The molecular formula is C62H36N6. The highest BCUT2D eigenvalue weighted by atomic mass is 15.0. The van der Waals surface area contributed by atoms with Gasteiger partial charge in [-0.15, -0.1) is 0 Å². The molecule has 314 valence electrons. The van der Waals surface area contributed by atoms with Crippen LogP contribution in [0, 0.1) is 29.2 Å². The predicted octanol–water partition coefficient (Wildman–Crippen LogP) is 15.9. The van der Waals surface area contributed by atoms with Gasteiger partial charge in [0, 0.05) is 38.2 Å². The molecule has 0 bridgehead atoms. The Kier molecular flexibility index (Phi) is 9.55. The number of rotatable bonds is 7. The predicted molar refractivity (Wildman–Crippen MR) is 276 cm³/mol. The van der Waals surface area contributed by atoms with E-state index in [1.165, 1.54) is 0 Å². The first-order valence-corrected chi connectivity index (χ1v) is 22.3. The quantitative estimate of drug-likeness (QED) is 0.150. The second-order valence-electron chi connectivity index (χ2n) is 16.8. The van der Waals surface area contributed by atoms with Crippen molar-refractivity contribution < 1.29 is 0 Å². The third-order valence-corrected chi connectivity index (χ3v) is 13.0. The normalized spacial score (nSPS) is 11.2. The van der Waals surface area contributed by atoms with Crippen LogP contribution in [-0.2, 0) is 0 Å². The summed E-state index contributed by atoms with van der Waals surface area (Å²) in [6, 6.07) is 79.0. The Balaban J connectivity index is 1.18. The zero-order valence-electron chi connectivity index (χ0n) is 36.5. The Morgan fingerprint density at radius 3 is 1.44 bits per heavy atom. The number of hydrogen-bond acceptors (Lipinski definition) is 3. The second-order valence-corrected chi connectivity index (χ2v) is 16.8. The minimum atomic E-state index is 0.500. The lowest BCUT2D eigenvalue weighted by atomic mass is 9.96. The molecular weight excluding hydrogens is 829 g/mol. The number of nitriles is 2. The van der Waals surface area contributed by atoms with E-state index in [4.69, 9.17) is 11.6 Å². The van der Waals surface area contributed by atoms with Crippen LogP contribution in [0.5, 0.6) is 0 Å². The molecule has 0 fully saturated rings. The summed E-state index contributed by atoms with van der Waals surface area (Å²) >= 11 is 0. The van der Waals surface area contributed by atoms with Gasteiger partial charge < -0.3 is 9.13 Å². The summed E-state index contributed by atoms with van der Waals surface area (Å²) in [6.45, 7) is 7.92. The van der Waals surface area contributed by atoms with Crippen molar-refractivity contribution in [2.24, 2.45) is 0 Å². The van der Waals surface area contributed by atoms with Gasteiger partial charge in [0.05, 0.1) is 68.6 Å². The molecule has 0 radical (unpaired) electrons. The molecule has 0 N–H and O–H groups in total. The zero-order chi connectivity index (χ0) is 45.7. The van der Waals surface area contributed by atoms with Crippen LogP contribution in [0.2, 0.25) is 0 Å². The van der Waals surface area contributed by atoms with Crippen LogP contribution in [0.1, 0.15) is 11.1 Å². The summed E-state index contributed by atoms with van der Waals surface area (Å²) in [6.07, 6.45) is 0. The molecule has 6 heteroatoms. The molecule has 3 aromatic heterocycles. The summed E-state index contributed by atoms with van der Waals surface area (Å²) in [4.78, 5) is 9.12. The van der Waals surface area contributed by atoms with Crippen LogP contribution in [0.4, 0.5) is 5.69 Å². The van der Waals surface area contributed by atoms with E-state index >= 15 is 0 Å². The van der Waals surface area contributed by atoms with Gasteiger partial charge in [-0.25, -0.2) is 9.83 Å². The summed E-state index contributed by atoms with van der Waals surface area (Å²) in [5, 5.41) is 25.6. The molecule has 6 nitrogen and oxygen atoms in total. The fraction of sp³-hybridized carbons (Fsp3) is 0. The summed E-state index contributed by atoms with van der Waals surface area (Å²) < 4.78 is 4.49. The Hall–Kier alpha value is -9.80. The molecule has 12 aromatic rings. The van der Waals surface area contributed by atoms with Gasteiger partial charge >= 0.3 is 0 Å². The molecule has 0 unspecified atom stereocenters. The monoisotopic (exact) mass is 864 g/mol. The highest BCUT2D eigenvalue weighted by Crippen LogP contribution is 2.44. The third-order valence-electron chi connectivity index (χ3n) is 13.0. The highest BCUT2D eigenvalue weighted by Gasteiger charge is 2.24. The number of para-hydroxylation sites is 3. The molecule has 0 saturated carbocycles. The van der Waals surface area contributed by atoms with Crippen molar-refractivity contribution in [2.75, 3.05) is 0 Å². The average Bonchev–Trinajstić information content (AvgIpc) is 3.92. The molecule has 0 spiro atoms. The minimum absolute atomic E-state index is 0.500. The van der Waals surface area contributed by atoms with Crippen molar-refractivity contribution in [1.29, 1.82) is 10.5 Å². The number of benzene rings is 9. The lowest BCUT2D eigenvalue weighted by Gasteiger charge is -2.20. The van der Waals surface area contributed by atoms with E-state index in [2.05, 4.69) is 141 Å². The Bertz CT molecular complexity index is 4060.